The van der Waals surface area contributed by atoms with Gasteiger partial charge in [-0.2, -0.15) is 0 Å². The van der Waals surface area contributed by atoms with Gasteiger partial charge in [0.05, 0.1) is 4.47 Å². The molecule has 0 aliphatic heterocycles. The molecule has 0 spiro atoms. The molecule has 17 heavy (non-hydrogen) atoms. The zero-order valence-electron chi connectivity index (χ0n) is 8.64. The van der Waals surface area contributed by atoms with Gasteiger partial charge in [-0.3, -0.25) is 0 Å². The Labute approximate surface area is 112 Å². The number of nitrogens with zero attached hydrogens (tertiary/aromatic N) is 2. The van der Waals surface area contributed by atoms with Gasteiger partial charge in [0, 0.05) is 23.0 Å². The number of aromatic nitrogens is 1. The highest BCUT2D eigenvalue weighted by Crippen LogP contribution is 2.30. The van der Waals surface area contributed by atoms with E-state index in [9.17, 15) is 5.11 Å². The average molecular weight is 312 g/mol. The Morgan fingerprint density at radius 2 is 2.18 bits per heavy atom. The van der Waals surface area contributed by atoms with Gasteiger partial charge in [-0.05, 0) is 40.2 Å². The molecule has 0 fully saturated rings. The minimum absolute atomic E-state index is 0.106. The lowest BCUT2D eigenvalue weighted by molar-refractivity contribution is 0.471. The first-order valence-corrected chi connectivity index (χ1v) is 5.97. The van der Waals surface area contributed by atoms with E-state index in [1.165, 1.54) is 6.21 Å². The zero-order chi connectivity index (χ0) is 12.3. The molecule has 0 atom stereocenters. The molecule has 0 aliphatic carbocycles. The van der Waals surface area contributed by atoms with E-state index in [4.69, 9.17) is 11.6 Å². The van der Waals surface area contributed by atoms with E-state index in [2.05, 4.69) is 25.9 Å². The molecule has 0 bridgehead atoms. The highest BCUT2D eigenvalue weighted by atomic mass is 79.9. The van der Waals surface area contributed by atoms with Gasteiger partial charge in [-0.1, -0.05) is 17.7 Å². The van der Waals surface area contributed by atoms with Crippen LogP contribution in [-0.2, 0) is 0 Å². The molecule has 0 saturated heterocycles. The Morgan fingerprint density at radius 3 is 2.88 bits per heavy atom. The van der Waals surface area contributed by atoms with Gasteiger partial charge >= 0.3 is 0 Å². The lowest BCUT2D eigenvalue weighted by Crippen LogP contribution is -1.84. The van der Waals surface area contributed by atoms with Crippen LogP contribution in [0.4, 0.5) is 5.82 Å². The molecule has 0 amide bonds. The van der Waals surface area contributed by atoms with Crippen molar-refractivity contribution in [1.82, 2.24) is 4.98 Å². The molecule has 1 aromatic carbocycles. The first-order valence-electron chi connectivity index (χ1n) is 4.80. The smallest absolute Gasteiger partial charge is 0.151 e. The second-order valence-corrected chi connectivity index (χ2v) is 4.56. The summed E-state index contributed by atoms with van der Waals surface area (Å²) in [6.45, 7) is 0. The Kier molecular flexibility index (Phi) is 3.76. The average Bonchev–Trinajstić information content (AvgIpc) is 2.33. The fraction of sp³-hybridized carbons (Fsp3) is 0. The topological polar surface area (TPSA) is 45.5 Å². The standard InChI is InChI=1S/C12H8BrClN2O/c13-10-6-9(14)5-8(12(10)17)7-16-11-3-1-2-4-15-11/h1-7,17H. The Morgan fingerprint density at radius 1 is 1.35 bits per heavy atom. The van der Waals surface area contributed by atoms with Crippen LogP contribution < -0.4 is 0 Å². The lowest BCUT2D eigenvalue weighted by Gasteiger charge is -2.02. The van der Waals surface area contributed by atoms with E-state index in [0.717, 1.165) is 0 Å². The van der Waals surface area contributed by atoms with Gasteiger partial charge in [0.15, 0.2) is 5.82 Å². The maximum Gasteiger partial charge on any atom is 0.151 e. The molecule has 1 aromatic heterocycles. The van der Waals surface area contributed by atoms with Crippen molar-refractivity contribution >= 4 is 39.6 Å². The van der Waals surface area contributed by atoms with Crippen molar-refractivity contribution in [1.29, 1.82) is 0 Å². The van der Waals surface area contributed by atoms with E-state index in [0.29, 0.717) is 20.9 Å². The number of pyridine rings is 1. The van der Waals surface area contributed by atoms with Crippen molar-refractivity contribution in [3.05, 3.63) is 51.6 Å². The van der Waals surface area contributed by atoms with Gasteiger partial charge in [-0.25, -0.2) is 9.98 Å². The number of aromatic hydroxyl groups is 1. The number of phenols is 1. The molecule has 0 radical (unpaired) electrons. The summed E-state index contributed by atoms with van der Waals surface area (Å²) in [5, 5.41) is 10.3. The third-order valence-corrected chi connectivity index (χ3v) is 2.87. The van der Waals surface area contributed by atoms with Crippen molar-refractivity contribution < 1.29 is 5.11 Å². The molecule has 0 unspecified atom stereocenters. The van der Waals surface area contributed by atoms with Gasteiger partial charge < -0.3 is 5.11 Å². The lowest BCUT2D eigenvalue weighted by atomic mass is 10.2. The molecule has 1 N–H and O–H groups in total. The van der Waals surface area contributed by atoms with Crippen molar-refractivity contribution in [3.63, 3.8) is 0 Å². The molecule has 3 nitrogen and oxygen atoms in total. The summed E-state index contributed by atoms with van der Waals surface area (Å²) >= 11 is 9.10. The number of halogens is 2. The minimum atomic E-state index is 0.106. The second-order valence-electron chi connectivity index (χ2n) is 3.27. The number of hydrogen-bond donors (Lipinski definition) is 1. The highest BCUT2D eigenvalue weighted by Gasteiger charge is 2.05. The predicted molar refractivity (Wildman–Crippen MR) is 72.3 cm³/mol. The van der Waals surface area contributed by atoms with Crippen LogP contribution in [0.2, 0.25) is 5.02 Å². The van der Waals surface area contributed by atoms with Crippen molar-refractivity contribution in [2.24, 2.45) is 4.99 Å². The van der Waals surface area contributed by atoms with Crippen LogP contribution in [0.1, 0.15) is 5.56 Å². The van der Waals surface area contributed by atoms with Gasteiger partial charge in [0.1, 0.15) is 5.75 Å². The van der Waals surface area contributed by atoms with Crippen molar-refractivity contribution in [2.45, 2.75) is 0 Å². The summed E-state index contributed by atoms with van der Waals surface area (Å²) in [6.07, 6.45) is 3.18. The van der Waals surface area contributed by atoms with E-state index >= 15 is 0 Å². The second kappa shape index (κ2) is 5.29. The van der Waals surface area contributed by atoms with Gasteiger partial charge in [0.25, 0.3) is 0 Å². The van der Waals surface area contributed by atoms with Crippen molar-refractivity contribution in [2.75, 3.05) is 0 Å². The molecule has 0 saturated carbocycles. The Balaban J connectivity index is 2.33. The molecule has 1 heterocycles. The molecular formula is C12H8BrClN2O. The number of rotatable bonds is 2. The van der Waals surface area contributed by atoms with Crippen LogP contribution in [0.15, 0.2) is 46.0 Å². The fourth-order valence-electron chi connectivity index (χ4n) is 1.25. The van der Waals surface area contributed by atoms with Crippen LogP contribution in [-0.4, -0.2) is 16.3 Å². The molecule has 86 valence electrons. The first kappa shape index (κ1) is 12.1. The summed E-state index contributed by atoms with van der Waals surface area (Å²) < 4.78 is 0.535. The van der Waals surface area contributed by atoms with Gasteiger partial charge in [-0.15, -0.1) is 0 Å². The third-order valence-electron chi connectivity index (χ3n) is 2.04. The predicted octanol–water partition coefficient (Wildman–Crippen LogP) is 3.95. The van der Waals surface area contributed by atoms with Crippen LogP contribution >= 0.6 is 27.5 Å². The fourth-order valence-corrected chi connectivity index (χ4v) is 2.08. The normalized spacial score (nSPS) is 10.9. The quantitative estimate of drug-likeness (QED) is 0.853. The Hall–Kier alpha value is -1.39. The molecule has 2 rings (SSSR count). The largest absolute Gasteiger partial charge is 0.506 e. The summed E-state index contributed by atoms with van der Waals surface area (Å²) in [4.78, 5) is 8.19. The van der Waals surface area contributed by atoms with E-state index in [-0.39, 0.29) is 5.75 Å². The third kappa shape index (κ3) is 3.05. The van der Waals surface area contributed by atoms with Crippen LogP contribution in [0.5, 0.6) is 5.75 Å². The maximum atomic E-state index is 9.78. The number of benzene rings is 1. The number of phenolic OH excluding ortho intramolecular Hbond substituents is 1. The Bertz CT molecular complexity index is 558. The molecule has 0 aliphatic rings. The summed E-state index contributed by atoms with van der Waals surface area (Å²) in [6, 6.07) is 8.68. The number of aliphatic imine (C=N–C) groups is 1. The van der Waals surface area contributed by atoms with Crippen molar-refractivity contribution in [3.8, 4) is 5.75 Å². The maximum absolute atomic E-state index is 9.78. The summed E-state index contributed by atoms with van der Waals surface area (Å²) in [5.41, 5.74) is 0.537. The molecule has 5 heteroatoms. The SMILES string of the molecule is Oc1c(Br)cc(Cl)cc1C=Nc1ccccn1. The monoisotopic (exact) mass is 310 g/mol. The number of hydrogen-bond acceptors (Lipinski definition) is 3. The highest BCUT2D eigenvalue weighted by molar-refractivity contribution is 9.10. The van der Waals surface area contributed by atoms with Crippen LogP contribution in [0, 0.1) is 0 Å². The van der Waals surface area contributed by atoms with E-state index < -0.39 is 0 Å². The van der Waals surface area contributed by atoms with Crippen LogP contribution in [0.3, 0.4) is 0 Å². The van der Waals surface area contributed by atoms with E-state index in [1.807, 2.05) is 12.1 Å². The molecular weight excluding hydrogens is 304 g/mol. The van der Waals surface area contributed by atoms with Crippen LogP contribution in [0.25, 0.3) is 0 Å². The summed E-state index contributed by atoms with van der Waals surface area (Å²) in [5.74, 6) is 0.678. The summed E-state index contributed by atoms with van der Waals surface area (Å²) in [7, 11) is 0. The first-order chi connectivity index (χ1) is 8.16. The zero-order valence-corrected chi connectivity index (χ0v) is 11.0. The molecule has 2 aromatic rings. The van der Waals surface area contributed by atoms with Gasteiger partial charge in [0.2, 0.25) is 0 Å². The van der Waals surface area contributed by atoms with E-state index in [1.54, 1.807) is 24.4 Å². The minimum Gasteiger partial charge on any atom is -0.506 e.